The molecule has 0 atom stereocenters. The minimum Gasteiger partial charge on any atom is -0.256 e. The van der Waals surface area contributed by atoms with Gasteiger partial charge >= 0.3 is 0 Å². The van der Waals surface area contributed by atoms with Crippen LogP contribution in [0.15, 0.2) is 67.4 Å². The van der Waals surface area contributed by atoms with E-state index >= 15 is 0 Å². The van der Waals surface area contributed by atoms with E-state index in [0.29, 0.717) is 0 Å². The minimum absolute atomic E-state index is 1.05. The van der Waals surface area contributed by atoms with Crippen LogP contribution >= 0.6 is 0 Å². The van der Waals surface area contributed by atoms with Gasteiger partial charge in [-0.05, 0) is 79.5 Å². The molecule has 1 aromatic heterocycles. The number of pyridine rings is 1. The summed E-state index contributed by atoms with van der Waals surface area (Å²) in [4.78, 5) is 4.93. The molecule has 2 heterocycles. The first-order valence-electron chi connectivity index (χ1n) is 11.5. The summed E-state index contributed by atoms with van der Waals surface area (Å²) in [5.74, 6) is 0. The molecule has 0 bridgehead atoms. The van der Waals surface area contributed by atoms with Crippen LogP contribution < -0.4 is 10.4 Å². The van der Waals surface area contributed by atoms with E-state index in [2.05, 4.69) is 88.1 Å². The standard InChI is InChI=1S/C30H27NSi/c1-6-19-8-9-21-10-11-22-23-12-13-31-30-26-14-18(3)20(7-2)16-27(26)32(4,5)28(29(23)30)17-25(22)24(21)15-19/h7-17H,2,6H2,1,3-5H3. The number of rotatable bonds is 2. The third-order valence-electron chi connectivity index (χ3n) is 7.56. The van der Waals surface area contributed by atoms with E-state index in [1.54, 1.807) is 0 Å². The van der Waals surface area contributed by atoms with Crippen molar-refractivity contribution in [3.05, 3.63) is 84.1 Å². The fourth-order valence-electron chi connectivity index (χ4n) is 5.68. The first-order valence-corrected chi connectivity index (χ1v) is 14.5. The van der Waals surface area contributed by atoms with Crippen molar-refractivity contribution in [2.24, 2.45) is 0 Å². The van der Waals surface area contributed by atoms with Gasteiger partial charge in [0.2, 0.25) is 0 Å². The van der Waals surface area contributed by atoms with Gasteiger partial charge in [0.1, 0.15) is 8.07 Å². The van der Waals surface area contributed by atoms with Gasteiger partial charge in [0, 0.05) is 17.1 Å². The summed E-state index contributed by atoms with van der Waals surface area (Å²) < 4.78 is 0. The SMILES string of the molecule is C=Cc1cc2c(cc1C)-c1nccc3c1c(cc1c4cc(CC)ccc4ccc31)[Si]2(C)C. The first kappa shape index (κ1) is 19.5. The largest absolute Gasteiger partial charge is 0.256 e. The molecular formula is C30H27NSi. The number of aromatic nitrogens is 1. The average Bonchev–Trinajstić information content (AvgIpc) is 2.81. The lowest BCUT2D eigenvalue weighted by Gasteiger charge is -2.34. The van der Waals surface area contributed by atoms with Crippen molar-refractivity contribution in [1.29, 1.82) is 0 Å². The zero-order valence-corrected chi connectivity index (χ0v) is 20.2. The Morgan fingerprint density at radius 2 is 1.69 bits per heavy atom. The van der Waals surface area contributed by atoms with Gasteiger partial charge in [-0.25, -0.2) is 0 Å². The maximum absolute atomic E-state index is 4.93. The van der Waals surface area contributed by atoms with Crippen molar-refractivity contribution < 1.29 is 0 Å². The maximum Gasteiger partial charge on any atom is 0.114 e. The second kappa shape index (κ2) is 6.63. The quantitative estimate of drug-likeness (QED) is 0.221. The Morgan fingerprint density at radius 1 is 0.875 bits per heavy atom. The van der Waals surface area contributed by atoms with Gasteiger partial charge in [0.25, 0.3) is 0 Å². The van der Waals surface area contributed by atoms with Gasteiger partial charge in [-0.15, -0.1) is 0 Å². The summed E-state index contributed by atoms with van der Waals surface area (Å²) in [6.07, 6.45) is 5.04. The molecule has 0 fully saturated rings. The average molecular weight is 430 g/mol. The minimum atomic E-state index is -1.95. The van der Waals surface area contributed by atoms with Crippen molar-refractivity contribution >= 4 is 56.8 Å². The Balaban J connectivity index is 1.83. The maximum atomic E-state index is 4.93. The zero-order valence-electron chi connectivity index (χ0n) is 19.2. The first-order chi connectivity index (χ1) is 15.4. The molecule has 32 heavy (non-hydrogen) atoms. The molecule has 0 aliphatic carbocycles. The van der Waals surface area contributed by atoms with Crippen molar-refractivity contribution in [2.75, 3.05) is 0 Å². The van der Waals surface area contributed by atoms with E-state index in [1.807, 2.05) is 12.3 Å². The van der Waals surface area contributed by atoms with Crippen LogP contribution in [-0.2, 0) is 6.42 Å². The van der Waals surface area contributed by atoms with Crippen molar-refractivity contribution in [1.82, 2.24) is 4.98 Å². The highest BCUT2D eigenvalue weighted by atomic mass is 28.3. The van der Waals surface area contributed by atoms with Gasteiger partial charge in [-0.3, -0.25) is 4.98 Å². The second-order valence-electron chi connectivity index (χ2n) is 9.66. The molecular weight excluding hydrogens is 402 g/mol. The molecule has 0 radical (unpaired) electrons. The highest BCUT2D eigenvalue weighted by Crippen LogP contribution is 2.38. The van der Waals surface area contributed by atoms with E-state index in [4.69, 9.17) is 4.98 Å². The van der Waals surface area contributed by atoms with E-state index in [0.717, 1.165) is 12.1 Å². The van der Waals surface area contributed by atoms with Gasteiger partial charge < -0.3 is 0 Å². The predicted molar refractivity (Wildman–Crippen MR) is 143 cm³/mol. The van der Waals surface area contributed by atoms with E-state index in [-0.39, 0.29) is 0 Å². The molecule has 1 aliphatic rings. The van der Waals surface area contributed by atoms with Crippen molar-refractivity contribution in [3.63, 3.8) is 0 Å². The normalized spacial score (nSPS) is 14.1. The third-order valence-corrected chi connectivity index (χ3v) is 11.1. The molecule has 0 N–H and O–H groups in total. The summed E-state index contributed by atoms with van der Waals surface area (Å²) in [7, 11) is -1.95. The van der Waals surface area contributed by atoms with Crippen LogP contribution in [0.25, 0.3) is 49.7 Å². The summed E-state index contributed by atoms with van der Waals surface area (Å²) >= 11 is 0. The number of fused-ring (bicyclic) bond motifs is 6. The molecule has 0 unspecified atom stereocenters. The molecule has 2 heteroatoms. The van der Waals surface area contributed by atoms with Crippen molar-refractivity contribution in [2.45, 2.75) is 33.4 Å². The number of hydrogen-bond acceptors (Lipinski definition) is 1. The molecule has 0 amide bonds. The van der Waals surface area contributed by atoms with Crippen LogP contribution in [0, 0.1) is 6.92 Å². The lowest BCUT2D eigenvalue weighted by atomic mass is 9.93. The number of nitrogens with zero attached hydrogens (tertiary/aromatic N) is 1. The van der Waals surface area contributed by atoms with Gasteiger partial charge in [-0.1, -0.05) is 75.1 Å². The molecule has 4 aromatic carbocycles. The Hall–Kier alpha value is -3.23. The number of hydrogen-bond donors (Lipinski definition) is 0. The molecule has 1 nitrogen and oxygen atoms in total. The van der Waals surface area contributed by atoms with Crippen LogP contribution in [-0.4, -0.2) is 13.1 Å². The highest BCUT2D eigenvalue weighted by Gasteiger charge is 2.37. The topological polar surface area (TPSA) is 12.9 Å². The summed E-state index contributed by atoms with van der Waals surface area (Å²) in [5.41, 5.74) is 6.35. The molecule has 1 aliphatic heterocycles. The predicted octanol–water partition coefficient (Wildman–Crippen LogP) is 6.86. The second-order valence-corrected chi connectivity index (χ2v) is 14.0. The lowest BCUT2D eigenvalue weighted by Crippen LogP contribution is -2.56. The van der Waals surface area contributed by atoms with Crippen LogP contribution in [0.5, 0.6) is 0 Å². The molecule has 5 aromatic rings. The summed E-state index contributed by atoms with van der Waals surface area (Å²) in [6, 6.07) is 21.0. The Labute approximate surface area is 190 Å². The monoisotopic (exact) mass is 429 g/mol. The number of aryl methyl sites for hydroxylation is 2. The Kier molecular flexibility index (Phi) is 4.03. The summed E-state index contributed by atoms with van der Waals surface area (Å²) in [6.45, 7) is 13.5. The molecule has 0 saturated carbocycles. The van der Waals surface area contributed by atoms with Gasteiger partial charge in [-0.2, -0.15) is 0 Å². The number of benzene rings is 4. The third kappa shape index (κ3) is 2.47. The summed E-state index contributed by atoms with van der Waals surface area (Å²) in [5, 5.41) is 11.1. The lowest BCUT2D eigenvalue weighted by molar-refractivity contribution is 1.15. The molecule has 0 spiro atoms. The van der Waals surface area contributed by atoms with Crippen LogP contribution in [0.3, 0.4) is 0 Å². The van der Waals surface area contributed by atoms with E-state index in [9.17, 15) is 0 Å². The van der Waals surface area contributed by atoms with Gasteiger partial charge in [0.05, 0.1) is 5.69 Å². The van der Waals surface area contributed by atoms with E-state index < -0.39 is 8.07 Å². The van der Waals surface area contributed by atoms with Crippen LogP contribution in [0.1, 0.15) is 23.6 Å². The molecule has 6 rings (SSSR count). The zero-order chi connectivity index (χ0) is 22.2. The molecule has 0 saturated heterocycles. The fourth-order valence-corrected chi connectivity index (χ4v) is 8.73. The molecule has 156 valence electrons. The Morgan fingerprint density at radius 3 is 2.47 bits per heavy atom. The van der Waals surface area contributed by atoms with Crippen molar-refractivity contribution in [3.8, 4) is 11.3 Å². The highest BCUT2D eigenvalue weighted by molar-refractivity contribution is 7.03. The van der Waals surface area contributed by atoms with E-state index in [1.165, 1.54) is 64.9 Å². The fraction of sp³-hybridized carbons (Fsp3) is 0.167. The Bertz CT molecular complexity index is 1610. The smallest absolute Gasteiger partial charge is 0.114 e. The van der Waals surface area contributed by atoms with Crippen LogP contribution in [0.2, 0.25) is 13.1 Å². The van der Waals surface area contributed by atoms with Crippen LogP contribution in [0.4, 0.5) is 0 Å². The van der Waals surface area contributed by atoms with Gasteiger partial charge in [0.15, 0.2) is 0 Å².